The zero-order chi connectivity index (χ0) is 16.4. The molecule has 2 aromatic carbocycles. The molecular weight excluding hydrogens is 374 g/mol. The number of hydrogen-bond acceptors (Lipinski definition) is 3. The second-order valence-electron chi connectivity index (χ2n) is 5.29. The first-order chi connectivity index (χ1) is 11.0. The summed E-state index contributed by atoms with van der Waals surface area (Å²) >= 11 is 6.23. The molecule has 1 atom stereocenters. The first-order valence-electron chi connectivity index (χ1n) is 7.23. The SMILES string of the molecule is Cl.O=S(=O)(c1ccccc1F)N1CCNCC1c1ccccc1Cl. The lowest BCUT2D eigenvalue weighted by atomic mass is 10.1. The Labute approximate surface area is 152 Å². The van der Waals surface area contributed by atoms with Crippen LogP contribution in [0.15, 0.2) is 53.4 Å². The minimum absolute atomic E-state index is 0. The summed E-state index contributed by atoms with van der Waals surface area (Å²) in [6, 6.07) is 12.1. The number of nitrogens with zero attached hydrogens (tertiary/aromatic N) is 1. The Bertz CT molecular complexity index is 817. The second kappa shape index (κ2) is 7.80. The van der Waals surface area contributed by atoms with E-state index in [1.165, 1.54) is 22.5 Å². The number of piperazine rings is 1. The van der Waals surface area contributed by atoms with E-state index in [-0.39, 0.29) is 23.8 Å². The van der Waals surface area contributed by atoms with Gasteiger partial charge in [-0.2, -0.15) is 4.31 Å². The summed E-state index contributed by atoms with van der Waals surface area (Å²) in [6.07, 6.45) is 0. The Morgan fingerprint density at radius 2 is 1.79 bits per heavy atom. The third-order valence-electron chi connectivity index (χ3n) is 3.88. The lowest BCUT2D eigenvalue weighted by Crippen LogP contribution is -2.48. The summed E-state index contributed by atoms with van der Waals surface area (Å²) in [6.45, 7) is 1.19. The number of sulfonamides is 1. The Hall–Kier alpha value is -1.18. The summed E-state index contributed by atoms with van der Waals surface area (Å²) in [5, 5.41) is 3.67. The highest BCUT2D eigenvalue weighted by Crippen LogP contribution is 2.33. The maximum Gasteiger partial charge on any atom is 0.246 e. The van der Waals surface area contributed by atoms with Crippen molar-refractivity contribution in [1.82, 2.24) is 9.62 Å². The molecule has 1 aliphatic rings. The molecule has 2 aromatic rings. The molecule has 0 aromatic heterocycles. The first kappa shape index (κ1) is 19.1. The molecule has 1 N–H and O–H groups in total. The van der Waals surface area contributed by atoms with Gasteiger partial charge in [0, 0.05) is 24.7 Å². The van der Waals surface area contributed by atoms with Crippen molar-refractivity contribution in [2.45, 2.75) is 10.9 Å². The van der Waals surface area contributed by atoms with Crippen molar-refractivity contribution in [3.8, 4) is 0 Å². The molecule has 0 amide bonds. The van der Waals surface area contributed by atoms with E-state index in [4.69, 9.17) is 11.6 Å². The van der Waals surface area contributed by atoms with Crippen molar-refractivity contribution in [1.29, 1.82) is 0 Å². The van der Waals surface area contributed by atoms with Crippen LogP contribution in [0.2, 0.25) is 5.02 Å². The van der Waals surface area contributed by atoms with Gasteiger partial charge in [0.05, 0.1) is 6.04 Å². The highest BCUT2D eigenvalue weighted by Gasteiger charge is 2.36. The topological polar surface area (TPSA) is 49.4 Å². The van der Waals surface area contributed by atoms with E-state index in [2.05, 4.69) is 5.32 Å². The molecule has 1 unspecified atom stereocenters. The van der Waals surface area contributed by atoms with Crippen LogP contribution < -0.4 is 5.32 Å². The minimum Gasteiger partial charge on any atom is -0.313 e. The molecule has 4 nitrogen and oxygen atoms in total. The lowest BCUT2D eigenvalue weighted by Gasteiger charge is -2.35. The number of halogens is 3. The van der Waals surface area contributed by atoms with Crippen LogP contribution in [0.25, 0.3) is 0 Å². The van der Waals surface area contributed by atoms with Gasteiger partial charge >= 0.3 is 0 Å². The van der Waals surface area contributed by atoms with E-state index in [1.807, 2.05) is 6.07 Å². The highest BCUT2D eigenvalue weighted by molar-refractivity contribution is 7.89. The molecule has 1 saturated heterocycles. The van der Waals surface area contributed by atoms with Gasteiger partial charge in [0.25, 0.3) is 0 Å². The van der Waals surface area contributed by atoms with Gasteiger partial charge in [0.2, 0.25) is 10.0 Å². The molecule has 130 valence electrons. The van der Waals surface area contributed by atoms with Crippen molar-refractivity contribution >= 4 is 34.0 Å². The van der Waals surface area contributed by atoms with Gasteiger partial charge in [-0.1, -0.05) is 41.9 Å². The molecule has 1 fully saturated rings. The predicted octanol–water partition coefficient (Wildman–Crippen LogP) is 3.24. The van der Waals surface area contributed by atoms with Crippen LogP contribution in [0.1, 0.15) is 11.6 Å². The van der Waals surface area contributed by atoms with Gasteiger partial charge < -0.3 is 5.32 Å². The van der Waals surface area contributed by atoms with E-state index < -0.39 is 21.9 Å². The summed E-state index contributed by atoms with van der Waals surface area (Å²) < 4.78 is 41.2. The Morgan fingerprint density at radius 3 is 2.50 bits per heavy atom. The molecule has 1 heterocycles. The standard InChI is InChI=1S/C16H16ClFN2O2S.ClH/c17-13-6-2-1-5-12(13)15-11-19-9-10-20(15)23(21,22)16-8-4-3-7-14(16)18;/h1-8,15,19H,9-11H2;1H. The molecule has 3 rings (SSSR count). The van der Waals surface area contributed by atoms with Gasteiger partial charge in [-0.25, -0.2) is 12.8 Å². The van der Waals surface area contributed by atoms with Gasteiger partial charge in [-0.3, -0.25) is 0 Å². The van der Waals surface area contributed by atoms with Gasteiger partial charge in [0.1, 0.15) is 10.7 Å². The number of hydrogen-bond donors (Lipinski definition) is 1. The molecule has 0 spiro atoms. The number of nitrogens with one attached hydrogen (secondary N) is 1. The Morgan fingerprint density at radius 1 is 1.12 bits per heavy atom. The van der Waals surface area contributed by atoms with Crippen LogP contribution in [0.3, 0.4) is 0 Å². The normalized spacial score (nSPS) is 18.8. The van der Waals surface area contributed by atoms with Crippen LogP contribution in [-0.2, 0) is 10.0 Å². The molecule has 0 bridgehead atoms. The molecule has 24 heavy (non-hydrogen) atoms. The summed E-state index contributed by atoms with van der Waals surface area (Å²) in [4.78, 5) is -0.307. The molecule has 1 aliphatic heterocycles. The largest absolute Gasteiger partial charge is 0.313 e. The third-order valence-corrected chi connectivity index (χ3v) is 6.17. The summed E-state index contributed by atoms with van der Waals surface area (Å²) in [5.74, 6) is -0.746. The van der Waals surface area contributed by atoms with Crippen molar-refractivity contribution in [2.75, 3.05) is 19.6 Å². The fourth-order valence-corrected chi connectivity index (χ4v) is 4.70. The van der Waals surface area contributed by atoms with Crippen LogP contribution in [0.4, 0.5) is 4.39 Å². The fraction of sp³-hybridized carbons (Fsp3) is 0.250. The quantitative estimate of drug-likeness (QED) is 0.874. The average Bonchev–Trinajstić information content (AvgIpc) is 2.55. The molecule has 0 aliphatic carbocycles. The lowest BCUT2D eigenvalue weighted by molar-refractivity contribution is 0.270. The van der Waals surface area contributed by atoms with Crippen LogP contribution in [-0.4, -0.2) is 32.4 Å². The average molecular weight is 391 g/mol. The van der Waals surface area contributed by atoms with Crippen molar-refractivity contribution in [2.24, 2.45) is 0 Å². The predicted molar refractivity (Wildman–Crippen MR) is 94.6 cm³/mol. The van der Waals surface area contributed by atoms with Crippen LogP contribution in [0, 0.1) is 5.82 Å². The van der Waals surface area contributed by atoms with E-state index >= 15 is 0 Å². The third kappa shape index (κ3) is 3.58. The van der Waals surface area contributed by atoms with E-state index in [0.717, 1.165) is 6.07 Å². The van der Waals surface area contributed by atoms with Gasteiger partial charge in [0.15, 0.2) is 0 Å². The van der Waals surface area contributed by atoms with Crippen molar-refractivity contribution in [3.05, 3.63) is 64.9 Å². The van der Waals surface area contributed by atoms with Crippen LogP contribution >= 0.6 is 24.0 Å². The molecule has 8 heteroatoms. The number of benzene rings is 2. The monoisotopic (exact) mass is 390 g/mol. The smallest absolute Gasteiger partial charge is 0.246 e. The molecule has 0 radical (unpaired) electrons. The second-order valence-corrected chi connectivity index (χ2v) is 7.55. The Kier molecular flexibility index (Phi) is 6.22. The van der Waals surface area contributed by atoms with Gasteiger partial charge in [-0.05, 0) is 23.8 Å². The van der Waals surface area contributed by atoms with E-state index in [9.17, 15) is 12.8 Å². The zero-order valence-electron chi connectivity index (χ0n) is 12.7. The van der Waals surface area contributed by atoms with Crippen molar-refractivity contribution < 1.29 is 12.8 Å². The maximum absolute atomic E-state index is 14.0. The molecular formula is C16H17Cl2FN2O2S. The molecule has 0 saturated carbocycles. The number of rotatable bonds is 3. The summed E-state index contributed by atoms with van der Waals surface area (Å²) in [7, 11) is -3.95. The summed E-state index contributed by atoms with van der Waals surface area (Å²) in [5.41, 5.74) is 0.710. The highest BCUT2D eigenvalue weighted by atomic mass is 35.5. The Balaban J connectivity index is 0.00000208. The fourth-order valence-electron chi connectivity index (χ4n) is 2.76. The van der Waals surface area contributed by atoms with Crippen molar-refractivity contribution in [3.63, 3.8) is 0 Å². The van der Waals surface area contributed by atoms with E-state index in [0.29, 0.717) is 23.7 Å². The maximum atomic E-state index is 14.0. The van der Waals surface area contributed by atoms with Crippen LogP contribution in [0.5, 0.6) is 0 Å². The van der Waals surface area contributed by atoms with Gasteiger partial charge in [-0.15, -0.1) is 12.4 Å². The zero-order valence-corrected chi connectivity index (χ0v) is 15.0. The minimum atomic E-state index is -3.95. The van der Waals surface area contributed by atoms with E-state index in [1.54, 1.807) is 18.2 Å². The first-order valence-corrected chi connectivity index (χ1v) is 9.05.